The second-order valence-corrected chi connectivity index (χ2v) is 4.45. The minimum atomic E-state index is -0.278. The molecule has 0 aliphatic rings. The summed E-state index contributed by atoms with van der Waals surface area (Å²) in [7, 11) is 0. The molecule has 0 atom stereocenters. The van der Waals surface area contributed by atoms with Gasteiger partial charge in [-0.2, -0.15) is 0 Å². The summed E-state index contributed by atoms with van der Waals surface area (Å²) in [5.74, 6) is 0.0480. The van der Waals surface area contributed by atoms with Crippen molar-refractivity contribution >= 4 is 27.4 Å². The lowest BCUT2D eigenvalue weighted by molar-refractivity contribution is 0.630. The predicted octanol–water partition coefficient (Wildman–Crippen LogP) is 2.47. The summed E-state index contributed by atoms with van der Waals surface area (Å²) in [6, 6.07) is 4.46. The Morgan fingerprint density at radius 1 is 1.18 bits per heavy atom. The molecular weight excluding hydrogens is 239 g/mol. The lowest BCUT2D eigenvalue weighted by atomic mass is 10.3. The van der Waals surface area contributed by atoms with Gasteiger partial charge in [0.25, 0.3) is 0 Å². The van der Waals surface area contributed by atoms with Gasteiger partial charge in [-0.05, 0) is 18.2 Å². The van der Waals surface area contributed by atoms with Crippen LogP contribution in [0.25, 0.3) is 20.9 Å². The van der Waals surface area contributed by atoms with Crippen molar-refractivity contribution in [2.75, 3.05) is 5.73 Å². The molecule has 0 aliphatic heterocycles. The Labute approximate surface area is 100.0 Å². The van der Waals surface area contributed by atoms with E-state index in [4.69, 9.17) is 5.73 Å². The van der Waals surface area contributed by atoms with E-state index < -0.39 is 0 Å². The van der Waals surface area contributed by atoms with Gasteiger partial charge in [0.05, 0.1) is 10.2 Å². The molecule has 4 nitrogen and oxygen atoms in total. The van der Waals surface area contributed by atoms with E-state index in [1.807, 2.05) is 0 Å². The molecule has 0 aliphatic carbocycles. The number of halogens is 1. The SMILES string of the molecule is Nc1nccnc1-c1nc2ccc(F)cc2s1. The molecule has 3 rings (SSSR count). The standard InChI is InChI=1S/C11H7FN4S/c12-6-1-2-7-8(5-6)17-11(16-7)9-10(13)15-4-3-14-9/h1-5H,(H2,13,15). The average Bonchev–Trinajstić information content (AvgIpc) is 2.72. The zero-order valence-electron chi connectivity index (χ0n) is 8.59. The van der Waals surface area contributed by atoms with Crippen molar-refractivity contribution in [1.29, 1.82) is 0 Å². The van der Waals surface area contributed by atoms with Crippen molar-refractivity contribution in [3.05, 3.63) is 36.4 Å². The zero-order valence-corrected chi connectivity index (χ0v) is 9.41. The Kier molecular flexibility index (Phi) is 2.22. The monoisotopic (exact) mass is 246 g/mol. The van der Waals surface area contributed by atoms with Crippen molar-refractivity contribution in [2.24, 2.45) is 0 Å². The van der Waals surface area contributed by atoms with Crippen LogP contribution in [0.2, 0.25) is 0 Å². The van der Waals surface area contributed by atoms with Crippen LogP contribution in [0.1, 0.15) is 0 Å². The summed E-state index contributed by atoms with van der Waals surface area (Å²) in [4.78, 5) is 12.4. The Morgan fingerprint density at radius 2 is 2.00 bits per heavy atom. The first-order chi connectivity index (χ1) is 8.24. The van der Waals surface area contributed by atoms with E-state index in [1.165, 1.54) is 29.7 Å². The maximum Gasteiger partial charge on any atom is 0.152 e. The van der Waals surface area contributed by atoms with Crippen LogP contribution in [0.3, 0.4) is 0 Å². The maximum atomic E-state index is 13.1. The second kappa shape index (κ2) is 3.74. The number of nitrogens with two attached hydrogens (primary N) is 1. The molecule has 0 radical (unpaired) electrons. The molecule has 0 saturated carbocycles. The highest BCUT2D eigenvalue weighted by atomic mass is 32.1. The van der Waals surface area contributed by atoms with Gasteiger partial charge in [-0.15, -0.1) is 11.3 Å². The number of benzene rings is 1. The van der Waals surface area contributed by atoms with Crippen LogP contribution in [-0.2, 0) is 0 Å². The molecule has 84 valence electrons. The number of nitrogens with zero attached hydrogens (tertiary/aromatic N) is 3. The van der Waals surface area contributed by atoms with Crippen LogP contribution >= 0.6 is 11.3 Å². The van der Waals surface area contributed by atoms with Crippen LogP contribution in [0.5, 0.6) is 0 Å². The summed E-state index contributed by atoms with van der Waals surface area (Å²) in [5.41, 5.74) is 6.99. The molecule has 0 amide bonds. The highest BCUT2D eigenvalue weighted by Crippen LogP contribution is 2.31. The normalized spacial score (nSPS) is 10.9. The Balaban J connectivity index is 2.22. The fourth-order valence-corrected chi connectivity index (χ4v) is 2.51. The quantitative estimate of drug-likeness (QED) is 0.716. The first-order valence-electron chi connectivity index (χ1n) is 4.87. The van der Waals surface area contributed by atoms with Gasteiger partial charge in [0.1, 0.15) is 16.5 Å². The Morgan fingerprint density at radius 3 is 2.82 bits per heavy atom. The molecule has 1 aromatic carbocycles. The van der Waals surface area contributed by atoms with Crippen LogP contribution in [-0.4, -0.2) is 15.0 Å². The number of fused-ring (bicyclic) bond motifs is 1. The molecule has 17 heavy (non-hydrogen) atoms. The zero-order chi connectivity index (χ0) is 11.8. The summed E-state index contributed by atoms with van der Waals surface area (Å²) in [5, 5.41) is 0.649. The minimum Gasteiger partial charge on any atom is -0.382 e. The molecule has 0 fully saturated rings. The lowest BCUT2D eigenvalue weighted by Gasteiger charge is -1.97. The van der Waals surface area contributed by atoms with Gasteiger partial charge in [0.2, 0.25) is 0 Å². The van der Waals surface area contributed by atoms with Crippen LogP contribution in [0, 0.1) is 5.82 Å². The van der Waals surface area contributed by atoms with E-state index in [0.29, 0.717) is 16.5 Å². The van der Waals surface area contributed by atoms with Crippen LogP contribution in [0.4, 0.5) is 10.2 Å². The number of thiazole rings is 1. The fourth-order valence-electron chi connectivity index (χ4n) is 1.51. The first-order valence-corrected chi connectivity index (χ1v) is 5.68. The molecule has 0 saturated heterocycles. The molecular formula is C11H7FN4S. The van der Waals surface area contributed by atoms with Crippen molar-refractivity contribution in [2.45, 2.75) is 0 Å². The molecule has 2 heterocycles. The van der Waals surface area contributed by atoms with E-state index in [1.54, 1.807) is 12.3 Å². The van der Waals surface area contributed by atoms with Crippen molar-refractivity contribution in [3.63, 3.8) is 0 Å². The van der Waals surface area contributed by atoms with Gasteiger partial charge < -0.3 is 5.73 Å². The topological polar surface area (TPSA) is 64.7 Å². The third kappa shape index (κ3) is 1.72. The number of hydrogen-bond donors (Lipinski definition) is 1. The van der Waals surface area contributed by atoms with Crippen LogP contribution < -0.4 is 5.73 Å². The predicted molar refractivity (Wildman–Crippen MR) is 65.0 cm³/mol. The molecule has 2 N–H and O–H groups in total. The highest BCUT2D eigenvalue weighted by molar-refractivity contribution is 7.21. The van der Waals surface area contributed by atoms with E-state index in [9.17, 15) is 4.39 Å². The van der Waals surface area contributed by atoms with E-state index in [0.717, 1.165) is 10.2 Å². The van der Waals surface area contributed by atoms with Crippen molar-refractivity contribution in [3.8, 4) is 10.7 Å². The van der Waals surface area contributed by atoms with Gasteiger partial charge in [-0.25, -0.2) is 19.3 Å². The number of hydrogen-bond acceptors (Lipinski definition) is 5. The Hall–Kier alpha value is -2.08. The molecule has 3 aromatic rings. The Bertz CT molecular complexity index is 695. The summed E-state index contributed by atoms with van der Waals surface area (Å²) >= 11 is 1.35. The smallest absolute Gasteiger partial charge is 0.152 e. The van der Waals surface area contributed by atoms with Gasteiger partial charge in [-0.1, -0.05) is 0 Å². The fraction of sp³-hybridized carbons (Fsp3) is 0. The largest absolute Gasteiger partial charge is 0.382 e. The van der Waals surface area contributed by atoms with Gasteiger partial charge in [0, 0.05) is 12.4 Å². The second-order valence-electron chi connectivity index (χ2n) is 3.42. The third-order valence-electron chi connectivity index (χ3n) is 2.28. The molecule has 2 aromatic heterocycles. The lowest BCUT2D eigenvalue weighted by Crippen LogP contribution is -1.95. The van der Waals surface area contributed by atoms with Gasteiger partial charge in [-0.3, -0.25) is 0 Å². The average molecular weight is 246 g/mol. The van der Waals surface area contributed by atoms with Crippen LogP contribution in [0.15, 0.2) is 30.6 Å². The van der Waals surface area contributed by atoms with E-state index in [-0.39, 0.29) is 5.82 Å². The number of nitrogen functional groups attached to an aromatic ring is 1. The maximum absolute atomic E-state index is 13.1. The first kappa shape index (κ1) is 10.1. The summed E-state index contributed by atoms with van der Waals surface area (Å²) in [6.45, 7) is 0. The third-order valence-corrected chi connectivity index (χ3v) is 3.30. The summed E-state index contributed by atoms with van der Waals surface area (Å²) in [6.07, 6.45) is 3.07. The van der Waals surface area contributed by atoms with Crippen molar-refractivity contribution in [1.82, 2.24) is 15.0 Å². The number of aromatic nitrogens is 3. The van der Waals surface area contributed by atoms with Gasteiger partial charge in [0.15, 0.2) is 5.82 Å². The molecule has 0 spiro atoms. The number of anilines is 1. The molecule has 0 unspecified atom stereocenters. The molecule has 0 bridgehead atoms. The van der Waals surface area contributed by atoms with Gasteiger partial charge >= 0.3 is 0 Å². The van der Waals surface area contributed by atoms with E-state index >= 15 is 0 Å². The van der Waals surface area contributed by atoms with Crippen molar-refractivity contribution < 1.29 is 4.39 Å². The number of rotatable bonds is 1. The van der Waals surface area contributed by atoms with E-state index in [2.05, 4.69) is 15.0 Å². The summed E-state index contributed by atoms with van der Waals surface area (Å²) < 4.78 is 13.8. The molecule has 6 heteroatoms. The highest BCUT2D eigenvalue weighted by Gasteiger charge is 2.11. The minimum absolute atomic E-state index is 0.278.